The van der Waals surface area contributed by atoms with E-state index in [1.807, 2.05) is 28.7 Å². The van der Waals surface area contributed by atoms with E-state index in [0.29, 0.717) is 30.6 Å². The number of hydrogen-bond donors (Lipinski definition) is 1. The molecule has 0 atom stereocenters. The van der Waals surface area contributed by atoms with Gasteiger partial charge in [-0.3, -0.25) is 4.79 Å². The fraction of sp³-hybridized carbons (Fsp3) is 0.217. The number of carbonyl (C=O) groups is 3. The number of carbonyl (C=O) groups excluding carboxylic acids is 3. The van der Waals surface area contributed by atoms with Gasteiger partial charge in [0.05, 0.1) is 26.8 Å². The van der Waals surface area contributed by atoms with Crippen LogP contribution in [0.1, 0.15) is 29.8 Å². The Kier molecular flexibility index (Phi) is 10.3. The van der Waals surface area contributed by atoms with Gasteiger partial charge in [-0.05, 0) is 100 Å². The van der Waals surface area contributed by atoms with Crippen LogP contribution in [0.2, 0.25) is 0 Å². The molecular formula is C23H20BrIN2O6. The quantitative estimate of drug-likeness (QED) is 0.185. The smallest absolute Gasteiger partial charge is 0.344 e. The molecule has 8 nitrogen and oxygen atoms in total. The molecule has 0 aromatic heterocycles. The Morgan fingerprint density at radius 2 is 1.79 bits per heavy atom. The van der Waals surface area contributed by atoms with E-state index in [-0.39, 0.29) is 25.4 Å². The number of nitriles is 1. The summed E-state index contributed by atoms with van der Waals surface area (Å²) < 4.78 is 16.5. The summed E-state index contributed by atoms with van der Waals surface area (Å²) in [6, 6.07) is 11.4. The van der Waals surface area contributed by atoms with E-state index < -0.39 is 17.8 Å². The van der Waals surface area contributed by atoms with E-state index in [4.69, 9.17) is 14.2 Å². The monoisotopic (exact) mass is 626 g/mol. The first-order valence-electron chi connectivity index (χ1n) is 9.76. The topological polar surface area (TPSA) is 115 Å². The third kappa shape index (κ3) is 7.87. The lowest BCUT2D eigenvalue weighted by Gasteiger charge is -2.11. The zero-order valence-corrected chi connectivity index (χ0v) is 21.6. The Morgan fingerprint density at radius 1 is 1.12 bits per heavy atom. The van der Waals surface area contributed by atoms with Gasteiger partial charge in [0, 0.05) is 5.69 Å². The van der Waals surface area contributed by atoms with Crippen LogP contribution in [0, 0.1) is 14.9 Å². The largest absolute Gasteiger partial charge is 0.480 e. The average Bonchev–Trinajstić information content (AvgIpc) is 2.77. The average molecular weight is 627 g/mol. The van der Waals surface area contributed by atoms with Crippen LogP contribution in [0.5, 0.6) is 5.75 Å². The van der Waals surface area contributed by atoms with Crippen LogP contribution < -0.4 is 10.1 Å². The summed E-state index contributed by atoms with van der Waals surface area (Å²) in [4.78, 5) is 35.8. The number of nitrogens with one attached hydrogen (secondary N) is 1. The number of ether oxygens (including phenoxy) is 3. The van der Waals surface area contributed by atoms with E-state index in [9.17, 15) is 19.6 Å². The minimum atomic E-state index is -0.602. The van der Waals surface area contributed by atoms with Gasteiger partial charge in [-0.15, -0.1) is 0 Å². The van der Waals surface area contributed by atoms with Gasteiger partial charge < -0.3 is 19.5 Å². The van der Waals surface area contributed by atoms with Gasteiger partial charge >= 0.3 is 11.9 Å². The van der Waals surface area contributed by atoms with Crippen molar-refractivity contribution in [2.75, 3.05) is 25.1 Å². The molecule has 0 bridgehead atoms. The van der Waals surface area contributed by atoms with Crippen LogP contribution in [0.15, 0.2) is 46.4 Å². The van der Waals surface area contributed by atoms with E-state index >= 15 is 0 Å². The Balaban J connectivity index is 2.14. The Bertz CT molecular complexity index is 1090. The van der Waals surface area contributed by atoms with E-state index in [2.05, 4.69) is 21.2 Å². The van der Waals surface area contributed by atoms with Crippen molar-refractivity contribution in [3.05, 3.63) is 61.1 Å². The van der Waals surface area contributed by atoms with E-state index in [1.54, 1.807) is 38.1 Å². The van der Waals surface area contributed by atoms with Gasteiger partial charge in [0.15, 0.2) is 6.61 Å². The molecule has 2 aromatic carbocycles. The molecule has 0 fully saturated rings. The van der Waals surface area contributed by atoms with Crippen molar-refractivity contribution >= 4 is 68.1 Å². The summed E-state index contributed by atoms with van der Waals surface area (Å²) in [7, 11) is 0. The molecule has 0 aliphatic carbocycles. The molecule has 0 heterocycles. The predicted molar refractivity (Wildman–Crippen MR) is 134 cm³/mol. The number of hydrogen-bond acceptors (Lipinski definition) is 7. The van der Waals surface area contributed by atoms with Crippen LogP contribution in [-0.4, -0.2) is 37.7 Å². The zero-order valence-electron chi connectivity index (χ0n) is 17.8. The second-order valence-corrected chi connectivity index (χ2v) is 8.35. The molecule has 0 aliphatic heterocycles. The second-order valence-electron chi connectivity index (χ2n) is 6.33. The molecule has 1 N–H and O–H groups in total. The maximum atomic E-state index is 12.6. The van der Waals surface area contributed by atoms with Crippen LogP contribution in [-0.2, 0) is 19.1 Å². The molecule has 0 saturated heterocycles. The van der Waals surface area contributed by atoms with Crippen molar-refractivity contribution in [1.82, 2.24) is 0 Å². The Morgan fingerprint density at radius 3 is 2.36 bits per heavy atom. The number of benzene rings is 2. The summed E-state index contributed by atoms with van der Waals surface area (Å²) in [5.41, 5.74) is 1.25. The highest BCUT2D eigenvalue weighted by Crippen LogP contribution is 2.33. The van der Waals surface area contributed by atoms with Crippen molar-refractivity contribution in [2.45, 2.75) is 13.8 Å². The van der Waals surface area contributed by atoms with Gasteiger partial charge in [0.1, 0.15) is 17.4 Å². The molecule has 2 aromatic rings. The highest BCUT2D eigenvalue weighted by atomic mass is 127. The molecule has 0 aliphatic rings. The lowest BCUT2D eigenvalue weighted by atomic mass is 10.1. The summed E-state index contributed by atoms with van der Waals surface area (Å²) in [5, 5.41) is 12.1. The first-order chi connectivity index (χ1) is 15.8. The molecule has 172 valence electrons. The minimum absolute atomic E-state index is 0.118. The van der Waals surface area contributed by atoms with Gasteiger partial charge in [-0.25, -0.2) is 9.59 Å². The molecule has 10 heteroatoms. The normalized spacial score (nSPS) is 10.7. The summed E-state index contributed by atoms with van der Waals surface area (Å²) in [6.07, 6.45) is 1.43. The van der Waals surface area contributed by atoms with Gasteiger partial charge in [0.2, 0.25) is 0 Å². The highest BCUT2D eigenvalue weighted by Gasteiger charge is 2.14. The van der Waals surface area contributed by atoms with Crippen molar-refractivity contribution in [3.63, 3.8) is 0 Å². The lowest BCUT2D eigenvalue weighted by Crippen LogP contribution is -2.15. The number of nitrogens with zero attached hydrogens (tertiary/aromatic N) is 1. The molecule has 0 spiro atoms. The third-order valence-electron chi connectivity index (χ3n) is 3.99. The number of esters is 2. The molecule has 0 unspecified atom stereocenters. The van der Waals surface area contributed by atoms with Crippen LogP contribution in [0.4, 0.5) is 5.69 Å². The molecular weight excluding hydrogens is 607 g/mol. The van der Waals surface area contributed by atoms with Crippen LogP contribution in [0.3, 0.4) is 0 Å². The predicted octanol–water partition coefficient (Wildman–Crippen LogP) is 4.72. The molecule has 2 rings (SSSR count). The molecule has 0 saturated carbocycles. The summed E-state index contributed by atoms with van der Waals surface area (Å²) in [6.45, 7) is 3.71. The lowest BCUT2D eigenvalue weighted by molar-refractivity contribution is -0.145. The summed E-state index contributed by atoms with van der Waals surface area (Å²) >= 11 is 5.42. The fourth-order valence-electron chi connectivity index (χ4n) is 2.55. The maximum Gasteiger partial charge on any atom is 0.344 e. The van der Waals surface area contributed by atoms with Crippen LogP contribution >= 0.6 is 38.5 Å². The van der Waals surface area contributed by atoms with Gasteiger partial charge in [-0.2, -0.15) is 5.26 Å². The van der Waals surface area contributed by atoms with Crippen molar-refractivity contribution < 1.29 is 28.6 Å². The first kappa shape index (κ1) is 26.3. The number of amides is 1. The first-order valence-corrected chi connectivity index (χ1v) is 11.6. The Hall–Kier alpha value is -2.91. The van der Waals surface area contributed by atoms with Crippen LogP contribution in [0.25, 0.3) is 6.08 Å². The minimum Gasteiger partial charge on any atom is -0.480 e. The van der Waals surface area contributed by atoms with Gasteiger partial charge in [0.25, 0.3) is 5.91 Å². The van der Waals surface area contributed by atoms with Crippen molar-refractivity contribution in [2.24, 2.45) is 0 Å². The standard InChI is InChI=1S/C23H20BrIN2O6/c1-3-31-20(28)13-33-21-18(24)10-14(11-19(21)25)9-16(12-26)22(29)27-17-7-5-15(6-8-17)23(30)32-4-2/h5-11H,3-4,13H2,1-2H3,(H,27,29)/b16-9+. The third-order valence-corrected chi connectivity index (χ3v) is 5.38. The SMILES string of the molecule is CCOC(=O)COc1c(Br)cc(/C=C(\C#N)C(=O)Nc2ccc(C(=O)OCC)cc2)cc1I. The molecule has 33 heavy (non-hydrogen) atoms. The molecule has 0 radical (unpaired) electrons. The van der Waals surface area contributed by atoms with Crippen molar-refractivity contribution in [3.8, 4) is 11.8 Å². The van der Waals surface area contributed by atoms with E-state index in [1.165, 1.54) is 18.2 Å². The zero-order chi connectivity index (χ0) is 24.4. The number of anilines is 1. The summed E-state index contributed by atoms with van der Waals surface area (Å²) in [5.74, 6) is -1.09. The van der Waals surface area contributed by atoms with Crippen molar-refractivity contribution in [1.29, 1.82) is 5.26 Å². The number of halogens is 2. The fourth-order valence-corrected chi connectivity index (χ4v) is 4.32. The maximum absolute atomic E-state index is 12.6. The highest BCUT2D eigenvalue weighted by molar-refractivity contribution is 14.1. The number of rotatable bonds is 9. The Labute approximate surface area is 213 Å². The molecule has 1 amide bonds. The second kappa shape index (κ2) is 13.0. The van der Waals surface area contributed by atoms with E-state index in [0.717, 1.165) is 0 Å². The van der Waals surface area contributed by atoms with Gasteiger partial charge in [-0.1, -0.05) is 0 Å².